The van der Waals surface area contributed by atoms with Gasteiger partial charge in [-0.2, -0.15) is 13.2 Å². The summed E-state index contributed by atoms with van der Waals surface area (Å²) in [5.74, 6) is -4.24. The minimum Gasteiger partial charge on any atom is -0.299 e. The van der Waals surface area contributed by atoms with Crippen LogP contribution in [0.3, 0.4) is 0 Å². The number of hydrogen-bond acceptors (Lipinski definition) is 2. The van der Waals surface area contributed by atoms with E-state index in [1.165, 1.54) is 11.1 Å². The Morgan fingerprint density at radius 3 is 1.65 bits per heavy atom. The molecule has 148 valence electrons. The summed E-state index contributed by atoms with van der Waals surface area (Å²) in [6.45, 7) is 9.24. The lowest BCUT2D eigenvalue weighted by Gasteiger charge is -2.11. The molecule has 2 nitrogen and oxygen atoms in total. The molecule has 5 heteroatoms. The van der Waals surface area contributed by atoms with Gasteiger partial charge in [0.1, 0.15) is 5.78 Å². The van der Waals surface area contributed by atoms with Crippen LogP contribution in [0.2, 0.25) is 0 Å². The normalized spacial score (nSPS) is 14.2. The summed E-state index contributed by atoms with van der Waals surface area (Å²) in [7, 11) is 0. The van der Waals surface area contributed by atoms with Crippen LogP contribution in [-0.4, -0.2) is 17.7 Å². The van der Waals surface area contributed by atoms with Crippen molar-refractivity contribution in [1.29, 1.82) is 0 Å². The minimum absolute atomic E-state index is 0.0438. The Morgan fingerprint density at radius 1 is 0.808 bits per heavy atom. The molecule has 1 unspecified atom stereocenters. The Bertz CT molecular complexity index is 562. The van der Waals surface area contributed by atoms with Crippen molar-refractivity contribution in [3.63, 3.8) is 0 Å². The molecule has 0 N–H and O–H groups in total. The molecule has 0 aliphatic carbocycles. The molecular formula is C21H31F3O2. The van der Waals surface area contributed by atoms with E-state index in [1.54, 1.807) is 0 Å². The topological polar surface area (TPSA) is 34.1 Å². The van der Waals surface area contributed by atoms with E-state index in [0.29, 0.717) is 6.42 Å². The van der Waals surface area contributed by atoms with E-state index >= 15 is 0 Å². The monoisotopic (exact) mass is 372 g/mol. The van der Waals surface area contributed by atoms with Gasteiger partial charge in [0.15, 0.2) is 0 Å². The molecule has 0 bridgehead atoms. The third kappa shape index (κ3) is 11.1. The molecule has 0 saturated heterocycles. The lowest BCUT2D eigenvalue weighted by Crippen LogP contribution is -2.33. The Kier molecular flexibility index (Phi) is 11.1. The molecule has 0 amide bonds. The molecule has 0 fully saturated rings. The second-order valence-corrected chi connectivity index (χ2v) is 7.05. The van der Waals surface area contributed by atoms with Crippen molar-refractivity contribution < 1.29 is 22.8 Å². The fraction of sp³-hybridized carbons (Fsp3) is 0.619. The molecule has 0 saturated carbocycles. The van der Waals surface area contributed by atoms with Crippen molar-refractivity contribution in [2.24, 2.45) is 5.92 Å². The van der Waals surface area contributed by atoms with Gasteiger partial charge < -0.3 is 0 Å². The van der Waals surface area contributed by atoms with Crippen LogP contribution >= 0.6 is 0 Å². The van der Waals surface area contributed by atoms with Gasteiger partial charge in [0.2, 0.25) is 5.78 Å². The third-order valence-electron chi connectivity index (χ3n) is 4.16. The number of allylic oxidation sites excluding steroid dienone is 6. The van der Waals surface area contributed by atoms with Crippen LogP contribution in [0.25, 0.3) is 0 Å². The van der Waals surface area contributed by atoms with Gasteiger partial charge in [-0.25, -0.2) is 0 Å². The highest BCUT2D eigenvalue weighted by Crippen LogP contribution is 2.22. The quantitative estimate of drug-likeness (QED) is 0.305. The summed E-state index contributed by atoms with van der Waals surface area (Å²) < 4.78 is 36.9. The lowest BCUT2D eigenvalue weighted by molar-refractivity contribution is -0.176. The average molecular weight is 372 g/mol. The molecule has 0 aliphatic heterocycles. The second kappa shape index (κ2) is 11.9. The number of rotatable bonds is 11. The zero-order valence-corrected chi connectivity index (χ0v) is 16.5. The Labute approximate surface area is 155 Å². The fourth-order valence-corrected chi connectivity index (χ4v) is 2.41. The highest BCUT2D eigenvalue weighted by Gasteiger charge is 2.43. The van der Waals surface area contributed by atoms with Crippen molar-refractivity contribution in [2.45, 2.75) is 79.3 Å². The molecule has 0 aliphatic rings. The molecule has 0 rings (SSSR count). The number of Topliss-reactive ketones (excluding diaryl/α,β-unsaturated/α-hetero) is 2. The Balaban J connectivity index is 4.24. The average Bonchev–Trinajstić information content (AvgIpc) is 2.52. The highest BCUT2D eigenvalue weighted by atomic mass is 19.4. The number of halogens is 3. The first-order valence-electron chi connectivity index (χ1n) is 9.03. The Morgan fingerprint density at radius 2 is 1.23 bits per heavy atom. The summed E-state index contributed by atoms with van der Waals surface area (Å²) in [4.78, 5) is 22.7. The fourth-order valence-electron chi connectivity index (χ4n) is 2.41. The molecule has 0 aromatic carbocycles. The molecule has 0 aromatic rings. The van der Waals surface area contributed by atoms with Gasteiger partial charge in [0, 0.05) is 6.42 Å². The van der Waals surface area contributed by atoms with Gasteiger partial charge in [-0.3, -0.25) is 9.59 Å². The molecule has 0 aromatic heterocycles. The van der Waals surface area contributed by atoms with Crippen LogP contribution in [-0.2, 0) is 9.59 Å². The second-order valence-electron chi connectivity index (χ2n) is 7.05. The number of carbonyl (C=O) groups excluding carboxylic acids is 2. The first-order valence-corrected chi connectivity index (χ1v) is 9.03. The molecule has 0 heterocycles. The van der Waals surface area contributed by atoms with Crippen molar-refractivity contribution in [2.75, 3.05) is 0 Å². The standard InChI is InChI=1S/C21H31F3O2/c1-15(2)9-6-10-16(3)11-7-12-17(4)13-8-14-19(25)18(5)20(26)21(22,23)24/h9,11,13,18H,6-8,10,12,14H2,1-5H3. The number of alkyl halides is 3. The highest BCUT2D eigenvalue weighted by molar-refractivity contribution is 6.04. The maximum atomic E-state index is 12.3. The summed E-state index contributed by atoms with van der Waals surface area (Å²) >= 11 is 0. The number of carbonyl (C=O) groups is 2. The third-order valence-corrected chi connectivity index (χ3v) is 4.16. The predicted molar refractivity (Wildman–Crippen MR) is 99.9 cm³/mol. The largest absolute Gasteiger partial charge is 0.450 e. The van der Waals surface area contributed by atoms with Crippen molar-refractivity contribution >= 4 is 11.6 Å². The van der Waals surface area contributed by atoms with E-state index < -0.39 is 23.7 Å². The molecule has 0 radical (unpaired) electrons. The van der Waals surface area contributed by atoms with Crippen LogP contribution in [0.4, 0.5) is 13.2 Å². The lowest BCUT2D eigenvalue weighted by atomic mass is 9.96. The summed E-state index contributed by atoms with van der Waals surface area (Å²) in [6.07, 6.45) is 5.48. The molecule has 1 atom stereocenters. The summed E-state index contributed by atoms with van der Waals surface area (Å²) in [6, 6.07) is 0. The van der Waals surface area contributed by atoms with Gasteiger partial charge in [-0.1, -0.05) is 34.9 Å². The summed E-state index contributed by atoms with van der Waals surface area (Å²) in [5.41, 5.74) is 3.75. The Hall–Kier alpha value is -1.65. The smallest absolute Gasteiger partial charge is 0.299 e. The van der Waals surface area contributed by atoms with Crippen LogP contribution in [0.5, 0.6) is 0 Å². The van der Waals surface area contributed by atoms with Gasteiger partial charge in [-0.15, -0.1) is 0 Å². The van der Waals surface area contributed by atoms with E-state index in [2.05, 4.69) is 32.9 Å². The van der Waals surface area contributed by atoms with E-state index in [0.717, 1.165) is 38.2 Å². The molecular weight excluding hydrogens is 341 g/mol. The van der Waals surface area contributed by atoms with E-state index in [-0.39, 0.29) is 6.42 Å². The summed E-state index contributed by atoms with van der Waals surface area (Å²) in [5, 5.41) is 0. The van der Waals surface area contributed by atoms with Crippen LogP contribution in [0.15, 0.2) is 34.9 Å². The predicted octanol–water partition coefficient (Wildman–Crippen LogP) is 6.52. The van der Waals surface area contributed by atoms with E-state index in [1.807, 2.05) is 13.0 Å². The van der Waals surface area contributed by atoms with Crippen molar-refractivity contribution in [3.8, 4) is 0 Å². The number of ketones is 2. The first-order chi connectivity index (χ1) is 11.9. The maximum Gasteiger partial charge on any atom is 0.450 e. The SMILES string of the molecule is CC(C)=CCCC(C)=CCCC(C)=CCCC(=O)C(C)C(=O)C(F)(F)F. The van der Waals surface area contributed by atoms with E-state index in [9.17, 15) is 22.8 Å². The molecule has 26 heavy (non-hydrogen) atoms. The van der Waals surface area contributed by atoms with Crippen molar-refractivity contribution in [1.82, 2.24) is 0 Å². The molecule has 0 spiro atoms. The van der Waals surface area contributed by atoms with Gasteiger partial charge >= 0.3 is 6.18 Å². The van der Waals surface area contributed by atoms with Crippen molar-refractivity contribution in [3.05, 3.63) is 34.9 Å². The first kappa shape index (κ1) is 24.4. The van der Waals surface area contributed by atoms with Crippen LogP contribution in [0, 0.1) is 5.92 Å². The van der Waals surface area contributed by atoms with Gasteiger partial charge in [-0.05, 0) is 66.7 Å². The van der Waals surface area contributed by atoms with Gasteiger partial charge in [0.25, 0.3) is 0 Å². The minimum atomic E-state index is -4.95. The number of hydrogen-bond donors (Lipinski definition) is 0. The van der Waals surface area contributed by atoms with Gasteiger partial charge in [0.05, 0.1) is 5.92 Å². The maximum absolute atomic E-state index is 12.3. The van der Waals surface area contributed by atoms with Crippen LogP contribution < -0.4 is 0 Å². The van der Waals surface area contributed by atoms with E-state index in [4.69, 9.17) is 0 Å². The zero-order valence-electron chi connectivity index (χ0n) is 16.5. The zero-order chi connectivity index (χ0) is 20.3. The van der Waals surface area contributed by atoms with Crippen LogP contribution in [0.1, 0.15) is 73.1 Å².